The van der Waals surface area contributed by atoms with Crippen LogP contribution in [0.3, 0.4) is 0 Å². The molecular weight excluding hydrogens is 396 g/mol. The Hall–Kier alpha value is -4.27. The standard InChI is InChI=1S/C22H18N6O3/c29-21(14-5-2-1-3-6-14)24-17-13-15-7-4-8-16(20(15)31-22(17)30)25-26-18-9-10-19-23-11-12-28(19)27-18/h1-3,5-6,9-13H,4,7-8H2,(H,24,29)(H,26,27)/b25-16+. The minimum absolute atomic E-state index is 0.119. The zero-order valence-corrected chi connectivity index (χ0v) is 16.4. The molecule has 0 atom stereocenters. The van der Waals surface area contributed by atoms with E-state index in [-0.39, 0.29) is 11.6 Å². The Morgan fingerprint density at radius 3 is 2.87 bits per heavy atom. The third-order valence-electron chi connectivity index (χ3n) is 4.99. The van der Waals surface area contributed by atoms with Gasteiger partial charge in [-0.2, -0.15) is 5.10 Å². The summed E-state index contributed by atoms with van der Waals surface area (Å²) < 4.78 is 7.19. The van der Waals surface area contributed by atoms with E-state index in [9.17, 15) is 9.59 Å². The molecule has 4 aromatic rings. The molecule has 0 saturated carbocycles. The Morgan fingerprint density at radius 1 is 1.13 bits per heavy atom. The number of hydrazone groups is 1. The topological polar surface area (TPSA) is 114 Å². The highest BCUT2D eigenvalue weighted by Crippen LogP contribution is 2.23. The van der Waals surface area contributed by atoms with E-state index in [1.807, 2.05) is 12.1 Å². The van der Waals surface area contributed by atoms with Crippen molar-refractivity contribution < 1.29 is 9.21 Å². The molecule has 0 aliphatic heterocycles. The van der Waals surface area contributed by atoms with E-state index in [1.54, 1.807) is 53.3 Å². The van der Waals surface area contributed by atoms with Gasteiger partial charge in [0.2, 0.25) is 0 Å². The summed E-state index contributed by atoms with van der Waals surface area (Å²) in [6.45, 7) is 0. The van der Waals surface area contributed by atoms with E-state index in [0.717, 1.165) is 24.1 Å². The van der Waals surface area contributed by atoms with Crippen LogP contribution in [-0.2, 0) is 6.42 Å². The van der Waals surface area contributed by atoms with Gasteiger partial charge in [0.1, 0.15) is 11.4 Å². The molecule has 9 nitrogen and oxygen atoms in total. The summed E-state index contributed by atoms with van der Waals surface area (Å²) in [5.41, 5.74) is 5.08. The molecule has 1 aliphatic rings. The molecule has 0 saturated heterocycles. The summed E-state index contributed by atoms with van der Waals surface area (Å²) >= 11 is 0. The van der Waals surface area contributed by atoms with Crippen LogP contribution in [0.1, 0.15) is 34.5 Å². The number of hydrogen-bond donors (Lipinski definition) is 2. The second-order valence-electron chi connectivity index (χ2n) is 7.09. The number of imidazole rings is 1. The predicted octanol–water partition coefficient (Wildman–Crippen LogP) is 3.09. The number of nitrogens with one attached hydrogen (secondary N) is 2. The Labute approximate surface area is 176 Å². The molecule has 5 rings (SSSR count). The average Bonchev–Trinajstić information content (AvgIpc) is 3.27. The fourth-order valence-corrected chi connectivity index (χ4v) is 3.48. The van der Waals surface area contributed by atoms with Gasteiger partial charge in [-0.25, -0.2) is 14.3 Å². The second-order valence-corrected chi connectivity index (χ2v) is 7.09. The minimum atomic E-state index is -0.615. The maximum absolute atomic E-state index is 12.5. The Balaban J connectivity index is 1.40. The highest BCUT2D eigenvalue weighted by Gasteiger charge is 2.22. The zero-order valence-electron chi connectivity index (χ0n) is 16.4. The molecule has 1 aromatic carbocycles. The van der Waals surface area contributed by atoms with Crippen LogP contribution in [-0.4, -0.2) is 26.2 Å². The van der Waals surface area contributed by atoms with Crippen molar-refractivity contribution in [3.8, 4) is 0 Å². The first-order valence-electron chi connectivity index (χ1n) is 9.84. The molecular formula is C22H18N6O3. The maximum atomic E-state index is 12.5. The number of benzene rings is 1. The van der Waals surface area contributed by atoms with Crippen LogP contribution in [0.5, 0.6) is 0 Å². The number of hydrogen-bond acceptors (Lipinski definition) is 7. The van der Waals surface area contributed by atoms with Crippen molar-refractivity contribution in [3.05, 3.63) is 88.2 Å². The number of nitrogens with zero attached hydrogens (tertiary/aromatic N) is 4. The normalized spacial score (nSPS) is 14.4. The molecule has 0 radical (unpaired) electrons. The van der Waals surface area contributed by atoms with Gasteiger partial charge in [0.25, 0.3) is 5.91 Å². The number of rotatable bonds is 4. The molecule has 0 spiro atoms. The van der Waals surface area contributed by atoms with Crippen LogP contribution in [0.25, 0.3) is 5.65 Å². The average molecular weight is 414 g/mol. The number of anilines is 2. The lowest BCUT2D eigenvalue weighted by Gasteiger charge is -2.17. The van der Waals surface area contributed by atoms with E-state index >= 15 is 0 Å². The van der Waals surface area contributed by atoms with E-state index in [0.29, 0.717) is 29.3 Å². The predicted molar refractivity (Wildman–Crippen MR) is 115 cm³/mol. The van der Waals surface area contributed by atoms with Crippen LogP contribution in [0.4, 0.5) is 11.5 Å². The summed E-state index contributed by atoms with van der Waals surface area (Å²) in [7, 11) is 0. The van der Waals surface area contributed by atoms with Gasteiger partial charge in [-0.3, -0.25) is 10.2 Å². The van der Waals surface area contributed by atoms with E-state index in [4.69, 9.17) is 4.42 Å². The molecule has 1 aliphatic carbocycles. The van der Waals surface area contributed by atoms with Gasteiger partial charge in [-0.1, -0.05) is 18.2 Å². The quantitative estimate of drug-likeness (QED) is 0.496. The lowest BCUT2D eigenvalue weighted by atomic mass is 9.95. The van der Waals surface area contributed by atoms with E-state index < -0.39 is 5.63 Å². The molecule has 0 fully saturated rings. The van der Waals surface area contributed by atoms with Gasteiger partial charge >= 0.3 is 5.63 Å². The molecule has 1 amide bonds. The molecule has 3 heterocycles. The molecule has 0 unspecified atom stereocenters. The highest BCUT2D eigenvalue weighted by molar-refractivity contribution is 6.05. The van der Waals surface area contributed by atoms with Crippen LogP contribution in [0.2, 0.25) is 0 Å². The molecule has 9 heteroatoms. The fourth-order valence-electron chi connectivity index (χ4n) is 3.48. The van der Waals surface area contributed by atoms with Gasteiger partial charge in [0.05, 0.1) is 0 Å². The minimum Gasteiger partial charge on any atom is -0.420 e. The zero-order chi connectivity index (χ0) is 21.2. The molecule has 2 N–H and O–H groups in total. The number of carbonyl (C=O) groups excluding carboxylic acids is 1. The largest absolute Gasteiger partial charge is 0.420 e. The monoisotopic (exact) mass is 414 g/mol. The Morgan fingerprint density at radius 2 is 2.00 bits per heavy atom. The number of fused-ring (bicyclic) bond motifs is 2. The lowest BCUT2D eigenvalue weighted by molar-refractivity contribution is 0.102. The summed E-state index contributed by atoms with van der Waals surface area (Å²) in [5, 5.41) is 11.4. The second kappa shape index (κ2) is 7.86. The summed E-state index contributed by atoms with van der Waals surface area (Å²) in [4.78, 5) is 29.1. The summed E-state index contributed by atoms with van der Waals surface area (Å²) in [6, 6.07) is 14.0. The molecule has 0 bridgehead atoms. The smallest absolute Gasteiger partial charge is 0.360 e. The van der Waals surface area contributed by atoms with Gasteiger partial charge in [-0.15, -0.1) is 5.10 Å². The molecule has 3 aromatic heterocycles. The first kappa shape index (κ1) is 18.7. The van der Waals surface area contributed by atoms with Crippen molar-refractivity contribution in [1.82, 2.24) is 14.6 Å². The van der Waals surface area contributed by atoms with Crippen LogP contribution < -0.4 is 16.4 Å². The lowest BCUT2D eigenvalue weighted by Crippen LogP contribution is -2.22. The Kier molecular flexibility index (Phi) is 4.75. The highest BCUT2D eigenvalue weighted by atomic mass is 16.4. The van der Waals surface area contributed by atoms with E-state index in [2.05, 4.69) is 25.9 Å². The van der Waals surface area contributed by atoms with Crippen molar-refractivity contribution in [2.75, 3.05) is 10.7 Å². The van der Waals surface area contributed by atoms with Gasteiger partial charge in [0, 0.05) is 18.0 Å². The third-order valence-corrected chi connectivity index (χ3v) is 4.99. The first-order valence-corrected chi connectivity index (χ1v) is 9.84. The van der Waals surface area contributed by atoms with Crippen molar-refractivity contribution >= 4 is 28.8 Å². The number of amides is 1. The van der Waals surface area contributed by atoms with Gasteiger partial charge < -0.3 is 9.73 Å². The number of aryl methyl sites for hydroxylation is 1. The molecule has 31 heavy (non-hydrogen) atoms. The van der Waals surface area contributed by atoms with Crippen molar-refractivity contribution in [2.45, 2.75) is 19.3 Å². The van der Waals surface area contributed by atoms with Crippen LogP contribution >= 0.6 is 0 Å². The van der Waals surface area contributed by atoms with Gasteiger partial charge in [0.15, 0.2) is 17.2 Å². The van der Waals surface area contributed by atoms with Crippen LogP contribution in [0, 0.1) is 0 Å². The maximum Gasteiger partial charge on any atom is 0.360 e. The summed E-state index contributed by atoms with van der Waals surface area (Å²) in [6.07, 6.45) is 5.64. The van der Waals surface area contributed by atoms with Crippen LogP contribution in [0.15, 0.2) is 75.2 Å². The van der Waals surface area contributed by atoms with E-state index in [1.165, 1.54) is 0 Å². The van der Waals surface area contributed by atoms with Crippen molar-refractivity contribution in [1.29, 1.82) is 0 Å². The Bertz CT molecular complexity index is 1360. The third kappa shape index (κ3) is 3.80. The number of carbonyl (C=O) groups is 1. The molecule has 154 valence electrons. The SMILES string of the molecule is O=C(Nc1cc2c(oc1=O)/C(=N/Nc1ccc3nccn3n1)CCC2)c1ccccc1. The number of aromatic nitrogens is 3. The first-order chi connectivity index (χ1) is 15.2. The fraction of sp³-hybridized carbons (Fsp3) is 0.136. The van der Waals surface area contributed by atoms with Gasteiger partial charge in [-0.05, 0) is 55.2 Å². The summed E-state index contributed by atoms with van der Waals surface area (Å²) in [5.74, 6) is 0.615. The van der Waals surface area contributed by atoms with Crippen molar-refractivity contribution in [3.63, 3.8) is 0 Å². The van der Waals surface area contributed by atoms with Crippen molar-refractivity contribution in [2.24, 2.45) is 5.10 Å².